The summed E-state index contributed by atoms with van der Waals surface area (Å²) in [6.07, 6.45) is 3.54. The molecule has 3 aromatic rings. The van der Waals surface area contributed by atoms with Crippen LogP contribution in [0.3, 0.4) is 0 Å². The Morgan fingerprint density at radius 2 is 2.05 bits per heavy atom. The molecule has 19 heavy (non-hydrogen) atoms. The zero-order valence-electron chi connectivity index (χ0n) is 9.93. The van der Waals surface area contributed by atoms with Crippen LogP contribution in [0.4, 0.5) is 5.69 Å². The van der Waals surface area contributed by atoms with E-state index in [9.17, 15) is 0 Å². The molecule has 2 N–H and O–H groups in total. The Labute approximate surface area is 119 Å². The Morgan fingerprint density at radius 3 is 2.68 bits per heavy atom. The number of aromatic nitrogens is 3. The molecule has 6 heteroatoms. The second-order valence-electron chi connectivity index (χ2n) is 3.98. The minimum Gasteiger partial charge on any atom is -0.380 e. The topological polar surface area (TPSA) is 53.6 Å². The van der Waals surface area contributed by atoms with E-state index in [-0.39, 0.29) is 0 Å². The van der Waals surface area contributed by atoms with Gasteiger partial charge in [-0.25, -0.2) is 4.98 Å². The van der Waals surface area contributed by atoms with Crippen LogP contribution in [-0.2, 0) is 6.54 Å². The fourth-order valence-corrected chi connectivity index (χ4v) is 2.66. The third-order valence-electron chi connectivity index (χ3n) is 2.69. The summed E-state index contributed by atoms with van der Waals surface area (Å²) in [7, 11) is 0. The van der Waals surface area contributed by atoms with Gasteiger partial charge in [0.25, 0.3) is 0 Å². The number of rotatable bonds is 4. The Balaban J connectivity index is 1.66. The summed E-state index contributed by atoms with van der Waals surface area (Å²) in [5.74, 6) is 0. The van der Waals surface area contributed by atoms with Crippen LogP contribution in [0.1, 0.15) is 4.88 Å². The Bertz CT molecular complexity index is 646. The molecule has 0 radical (unpaired) electrons. The molecule has 0 amide bonds. The Hall–Kier alpha value is -1.85. The fourth-order valence-electron chi connectivity index (χ4n) is 1.74. The first-order valence-corrected chi connectivity index (χ1v) is 6.94. The lowest BCUT2D eigenvalue weighted by Crippen LogP contribution is -1.96. The number of H-pyrrole nitrogens is 1. The van der Waals surface area contributed by atoms with E-state index in [0.29, 0.717) is 4.47 Å². The summed E-state index contributed by atoms with van der Waals surface area (Å²) < 4.78 is 0.575. The summed E-state index contributed by atoms with van der Waals surface area (Å²) in [6, 6.07) is 10.1. The van der Waals surface area contributed by atoms with Gasteiger partial charge in [-0.05, 0) is 23.8 Å². The Morgan fingerprint density at radius 1 is 1.21 bits per heavy atom. The maximum atomic E-state index is 5.79. The van der Waals surface area contributed by atoms with Crippen LogP contribution >= 0.6 is 22.9 Å². The molecule has 2 aromatic heterocycles. The van der Waals surface area contributed by atoms with E-state index in [1.165, 1.54) is 11.3 Å². The normalized spacial score (nSPS) is 10.6. The van der Waals surface area contributed by atoms with Gasteiger partial charge in [-0.2, -0.15) is 5.10 Å². The van der Waals surface area contributed by atoms with Gasteiger partial charge in [-0.3, -0.25) is 5.10 Å². The van der Waals surface area contributed by atoms with E-state index >= 15 is 0 Å². The molecule has 0 saturated carbocycles. The number of benzene rings is 1. The molecule has 4 nitrogen and oxygen atoms in total. The summed E-state index contributed by atoms with van der Waals surface area (Å²) in [5.41, 5.74) is 3.19. The molecule has 0 spiro atoms. The molecule has 1 aromatic carbocycles. The number of aromatic amines is 1. The maximum absolute atomic E-state index is 5.79. The van der Waals surface area contributed by atoms with E-state index in [1.54, 1.807) is 12.4 Å². The number of anilines is 1. The van der Waals surface area contributed by atoms with Crippen LogP contribution in [-0.4, -0.2) is 15.2 Å². The predicted molar refractivity (Wildman–Crippen MR) is 78.5 cm³/mol. The van der Waals surface area contributed by atoms with Crippen molar-refractivity contribution < 1.29 is 0 Å². The molecule has 0 saturated heterocycles. The van der Waals surface area contributed by atoms with Crippen molar-refractivity contribution >= 4 is 28.6 Å². The van der Waals surface area contributed by atoms with E-state index in [2.05, 4.69) is 32.6 Å². The van der Waals surface area contributed by atoms with Crippen molar-refractivity contribution in [3.8, 4) is 11.3 Å². The highest BCUT2D eigenvalue weighted by atomic mass is 35.5. The van der Waals surface area contributed by atoms with Gasteiger partial charge in [-0.15, -0.1) is 11.3 Å². The van der Waals surface area contributed by atoms with Gasteiger partial charge in [0.1, 0.15) is 0 Å². The maximum Gasteiger partial charge on any atom is 0.183 e. The zero-order chi connectivity index (χ0) is 13.1. The first-order chi connectivity index (χ1) is 9.31. The Kier molecular flexibility index (Phi) is 3.48. The molecule has 0 aliphatic rings. The molecule has 0 bridgehead atoms. The van der Waals surface area contributed by atoms with E-state index < -0.39 is 0 Å². The number of nitrogens with one attached hydrogen (secondary N) is 2. The fraction of sp³-hybridized carbons (Fsp3) is 0.0769. The summed E-state index contributed by atoms with van der Waals surface area (Å²) in [5, 5.41) is 10.2. The van der Waals surface area contributed by atoms with E-state index in [0.717, 1.165) is 28.4 Å². The SMILES string of the molecule is Clc1ncc(CNc2ccc(-c3ccn[nH]3)cc2)s1. The number of nitrogens with zero attached hydrogens (tertiary/aromatic N) is 2. The second-order valence-corrected chi connectivity index (χ2v) is 5.68. The monoisotopic (exact) mass is 290 g/mol. The van der Waals surface area contributed by atoms with Crippen LogP contribution in [0.5, 0.6) is 0 Å². The smallest absolute Gasteiger partial charge is 0.183 e. The van der Waals surface area contributed by atoms with Gasteiger partial charge in [0.05, 0.1) is 12.2 Å². The quantitative estimate of drug-likeness (QED) is 0.768. The van der Waals surface area contributed by atoms with Crippen LogP contribution < -0.4 is 5.32 Å². The average Bonchev–Trinajstić information content (AvgIpc) is 3.08. The molecule has 0 aliphatic heterocycles. The molecule has 0 fully saturated rings. The van der Waals surface area contributed by atoms with Gasteiger partial charge in [0.15, 0.2) is 4.47 Å². The highest BCUT2D eigenvalue weighted by Crippen LogP contribution is 2.21. The van der Waals surface area contributed by atoms with Crippen molar-refractivity contribution in [1.29, 1.82) is 0 Å². The number of hydrogen-bond donors (Lipinski definition) is 2. The molecule has 0 atom stereocenters. The van der Waals surface area contributed by atoms with Crippen molar-refractivity contribution in [3.63, 3.8) is 0 Å². The minimum absolute atomic E-state index is 0.575. The van der Waals surface area contributed by atoms with Gasteiger partial charge in [0.2, 0.25) is 0 Å². The lowest BCUT2D eigenvalue weighted by molar-refractivity contribution is 1.09. The highest BCUT2D eigenvalue weighted by molar-refractivity contribution is 7.15. The predicted octanol–water partition coefficient (Wildman–Crippen LogP) is 3.80. The minimum atomic E-state index is 0.575. The summed E-state index contributed by atoms with van der Waals surface area (Å²) in [6.45, 7) is 0.730. The second kappa shape index (κ2) is 5.42. The van der Waals surface area contributed by atoms with Crippen LogP contribution in [0.2, 0.25) is 4.47 Å². The largest absolute Gasteiger partial charge is 0.380 e. The average molecular weight is 291 g/mol. The molecule has 2 heterocycles. The number of halogens is 1. The number of thiazole rings is 1. The third-order valence-corrected chi connectivity index (χ3v) is 3.80. The van der Waals surface area contributed by atoms with E-state index in [4.69, 9.17) is 11.6 Å². The highest BCUT2D eigenvalue weighted by Gasteiger charge is 2.01. The third kappa shape index (κ3) is 2.94. The first-order valence-electron chi connectivity index (χ1n) is 5.75. The lowest BCUT2D eigenvalue weighted by atomic mass is 10.1. The van der Waals surface area contributed by atoms with Gasteiger partial charge >= 0.3 is 0 Å². The standard InChI is InChI=1S/C13H11ClN4S/c14-13-16-8-11(19-13)7-15-10-3-1-9(2-4-10)12-5-6-17-18-12/h1-6,8,15H,7H2,(H,17,18). The summed E-state index contributed by atoms with van der Waals surface area (Å²) >= 11 is 7.28. The van der Waals surface area contributed by atoms with E-state index in [1.807, 2.05) is 18.2 Å². The van der Waals surface area contributed by atoms with Crippen molar-refractivity contribution in [1.82, 2.24) is 15.2 Å². The van der Waals surface area contributed by atoms with Crippen molar-refractivity contribution in [2.45, 2.75) is 6.54 Å². The summed E-state index contributed by atoms with van der Waals surface area (Å²) in [4.78, 5) is 5.12. The van der Waals surface area contributed by atoms with Crippen molar-refractivity contribution in [3.05, 3.63) is 52.1 Å². The lowest BCUT2D eigenvalue weighted by Gasteiger charge is -2.05. The van der Waals surface area contributed by atoms with Crippen LogP contribution in [0.25, 0.3) is 11.3 Å². The molecule has 0 unspecified atom stereocenters. The first kappa shape index (κ1) is 12.2. The van der Waals surface area contributed by atoms with Crippen molar-refractivity contribution in [2.24, 2.45) is 0 Å². The van der Waals surface area contributed by atoms with Gasteiger partial charge in [-0.1, -0.05) is 23.7 Å². The molecular formula is C13H11ClN4S. The van der Waals surface area contributed by atoms with Crippen LogP contribution in [0, 0.1) is 0 Å². The molecular weight excluding hydrogens is 280 g/mol. The number of hydrogen-bond acceptors (Lipinski definition) is 4. The molecule has 0 aliphatic carbocycles. The molecule has 96 valence electrons. The van der Waals surface area contributed by atoms with Crippen LogP contribution in [0.15, 0.2) is 42.7 Å². The van der Waals surface area contributed by atoms with Gasteiger partial charge in [0, 0.05) is 23.0 Å². The zero-order valence-corrected chi connectivity index (χ0v) is 11.5. The molecule has 3 rings (SSSR count). The van der Waals surface area contributed by atoms with Gasteiger partial charge < -0.3 is 5.32 Å². The van der Waals surface area contributed by atoms with Crippen molar-refractivity contribution in [2.75, 3.05) is 5.32 Å².